The van der Waals surface area contributed by atoms with Crippen molar-refractivity contribution in [2.45, 2.75) is 0 Å². The molecule has 9 heteroatoms. The van der Waals surface area contributed by atoms with Crippen LogP contribution in [0.1, 0.15) is 0 Å². The van der Waals surface area contributed by atoms with Crippen molar-refractivity contribution in [3.63, 3.8) is 0 Å². The van der Waals surface area contributed by atoms with E-state index >= 15 is 0 Å². The second-order valence-electron chi connectivity index (χ2n) is 5.93. The minimum absolute atomic E-state index is 0.113. The lowest BCUT2D eigenvalue weighted by Crippen LogP contribution is -2.35. The van der Waals surface area contributed by atoms with Crippen LogP contribution in [-0.4, -0.2) is 19.0 Å². The number of rotatable bonds is 2. The van der Waals surface area contributed by atoms with Gasteiger partial charge in [-0.3, -0.25) is 24.0 Å². The molecule has 4 rings (SSSR count). The molecule has 0 radical (unpaired) electrons. The first kappa shape index (κ1) is 16.9. The van der Waals surface area contributed by atoms with Crippen molar-refractivity contribution in [3.8, 4) is 17.1 Å². The molecule has 2 heterocycles. The number of hydrogen-bond donors (Lipinski definition) is 0. The maximum absolute atomic E-state index is 12.6. The van der Waals surface area contributed by atoms with Crippen LogP contribution >= 0.6 is 11.6 Å². The van der Waals surface area contributed by atoms with Crippen LogP contribution in [0.2, 0.25) is 5.02 Å². The number of para-hydroxylation sites is 1. The molecule has 0 spiro atoms. The molecule has 0 unspecified atom stereocenters. The average Bonchev–Trinajstić information content (AvgIpc) is 2.65. The first-order valence-corrected chi connectivity index (χ1v) is 8.22. The van der Waals surface area contributed by atoms with Crippen molar-refractivity contribution in [1.82, 2.24) is 14.1 Å². The van der Waals surface area contributed by atoms with Crippen molar-refractivity contribution in [1.29, 1.82) is 0 Å². The van der Waals surface area contributed by atoms with Crippen molar-refractivity contribution in [3.05, 3.63) is 84.5 Å². The summed E-state index contributed by atoms with van der Waals surface area (Å²) in [7, 11) is 1.33. The molecule has 0 N–H and O–H groups in total. The van der Waals surface area contributed by atoms with Gasteiger partial charge in [0.05, 0.1) is 26.7 Å². The number of non-ortho nitro benzene ring substituents is 1. The largest absolute Gasteiger partial charge is 0.352 e. The summed E-state index contributed by atoms with van der Waals surface area (Å²) < 4.78 is 2.46. The van der Waals surface area contributed by atoms with E-state index < -0.39 is 16.2 Å². The van der Waals surface area contributed by atoms with E-state index in [-0.39, 0.29) is 17.1 Å². The fourth-order valence-corrected chi connectivity index (χ4v) is 3.23. The predicted octanol–water partition coefficient (Wildman–Crippen LogP) is 2.75. The van der Waals surface area contributed by atoms with E-state index in [0.717, 1.165) is 4.57 Å². The molecule has 2 aliphatic heterocycles. The highest BCUT2D eigenvalue weighted by Gasteiger charge is 2.21. The summed E-state index contributed by atoms with van der Waals surface area (Å²) in [6, 6.07) is 12.6. The molecule has 2 aromatic carbocycles. The van der Waals surface area contributed by atoms with E-state index in [4.69, 9.17) is 11.6 Å². The van der Waals surface area contributed by atoms with Crippen LogP contribution < -0.4 is 11.2 Å². The molecule has 2 aromatic rings. The zero-order chi connectivity index (χ0) is 19.3. The molecule has 0 amide bonds. The molecule has 0 aromatic heterocycles. The van der Waals surface area contributed by atoms with Crippen molar-refractivity contribution >= 4 is 28.2 Å². The van der Waals surface area contributed by atoms with Gasteiger partial charge in [0, 0.05) is 24.6 Å². The van der Waals surface area contributed by atoms with Gasteiger partial charge in [-0.25, -0.2) is 4.79 Å². The summed E-state index contributed by atoms with van der Waals surface area (Å²) in [5.74, 6) is 0.137. The standard InChI is InChI=1S/C18H11ClN4O4/c1-21-17(24)12-9-10-8-11(23(26)27)6-7-14(10)22(16(12)20-18(21)25)15-5-3-2-4-13(15)19/h2-9H,1H3. The zero-order valence-electron chi connectivity index (χ0n) is 13.9. The Morgan fingerprint density at radius 3 is 2.56 bits per heavy atom. The summed E-state index contributed by atoms with van der Waals surface area (Å²) in [5.41, 5.74) is -0.165. The number of aromatic nitrogens is 3. The third-order valence-corrected chi connectivity index (χ3v) is 4.65. The second-order valence-corrected chi connectivity index (χ2v) is 6.33. The van der Waals surface area contributed by atoms with E-state index in [0.29, 0.717) is 21.6 Å². The monoisotopic (exact) mass is 382 g/mol. The van der Waals surface area contributed by atoms with Gasteiger partial charge in [-0.05, 0) is 24.3 Å². The van der Waals surface area contributed by atoms with Crippen LogP contribution in [0.4, 0.5) is 5.69 Å². The highest BCUT2D eigenvalue weighted by atomic mass is 35.5. The maximum atomic E-state index is 12.6. The predicted molar refractivity (Wildman–Crippen MR) is 101 cm³/mol. The second kappa shape index (κ2) is 6.03. The van der Waals surface area contributed by atoms with Gasteiger partial charge in [0.2, 0.25) is 0 Å². The number of fused-ring (bicyclic) bond motifs is 2. The Hall–Kier alpha value is -3.52. The third kappa shape index (κ3) is 2.58. The molecular formula is C18H11ClN4O4. The Balaban J connectivity index is 2.27. The molecule has 0 saturated heterocycles. The van der Waals surface area contributed by atoms with Crippen molar-refractivity contribution < 1.29 is 4.92 Å². The highest BCUT2D eigenvalue weighted by molar-refractivity contribution is 6.32. The van der Waals surface area contributed by atoms with Gasteiger partial charge in [-0.1, -0.05) is 23.7 Å². The molecule has 0 saturated carbocycles. The molecular weight excluding hydrogens is 372 g/mol. The van der Waals surface area contributed by atoms with Gasteiger partial charge in [-0.15, -0.1) is 0 Å². The number of hydrogen-bond acceptors (Lipinski definition) is 5. The Morgan fingerprint density at radius 2 is 1.85 bits per heavy atom. The Morgan fingerprint density at radius 1 is 1.11 bits per heavy atom. The van der Waals surface area contributed by atoms with Gasteiger partial charge in [0.25, 0.3) is 11.2 Å². The van der Waals surface area contributed by atoms with Crippen molar-refractivity contribution in [2.24, 2.45) is 7.05 Å². The average molecular weight is 383 g/mol. The van der Waals surface area contributed by atoms with E-state index in [2.05, 4.69) is 4.98 Å². The topological polar surface area (TPSA) is 100 Å². The van der Waals surface area contributed by atoms with E-state index in [1.54, 1.807) is 34.9 Å². The molecule has 0 bridgehead atoms. The molecule has 0 atom stereocenters. The fraction of sp³-hybridized carbons (Fsp3) is 0.0556. The number of benzene rings is 2. The lowest BCUT2D eigenvalue weighted by Gasteiger charge is -2.19. The maximum Gasteiger partial charge on any atom is 0.352 e. The molecule has 134 valence electrons. The summed E-state index contributed by atoms with van der Waals surface area (Å²) in [6.07, 6.45) is 0. The first-order chi connectivity index (χ1) is 12.9. The molecule has 27 heavy (non-hydrogen) atoms. The summed E-state index contributed by atoms with van der Waals surface area (Å²) >= 11 is 6.33. The number of nitro groups is 1. The van der Waals surface area contributed by atoms with Crippen molar-refractivity contribution in [2.75, 3.05) is 0 Å². The number of nitrogens with zero attached hydrogens (tertiary/aromatic N) is 4. The minimum atomic E-state index is -0.699. The van der Waals surface area contributed by atoms with Crippen LogP contribution in [0.3, 0.4) is 0 Å². The Labute approximate surface area is 156 Å². The number of nitro benzene ring substituents is 1. The normalized spacial score (nSPS) is 11.2. The molecule has 0 aliphatic carbocycles. The van der Waals surface area contributed by atoms with Crippen LogP contribution in [0, 0.1) is 10.1 Å². The van der Waals surface area contributed by atoms with Gasteiger partial charge in [0.1, 0.15) is 0 Å². The minimum Gasteiger partial charge on any atom is -0.292 e. The van der Waals surface area contributed by atoms with Gasteiger partial charge in [-0.2, -0.15) is 4.98 Å². The van der Waals surface area contributed by atoms with E-state index in [1.165, 1.54) is 25.2 Å². The Kier molecular flexibility index (Phi) is 3.78. The summed E-state index contributed by atoms with van der Waals surface area (Å²) in [4.78, 5) is 39.4. The van der Waals surface area contributed by atoms with Crippen LogP contribution in [0.5, 0.6) is 0 Å². The number of halogens is 1. The molecule has 8 nitrogen and oxygen atoms in total. The lowest BCUT2D eigenvalue weighted by molar-refractivity contribution is -0.384. The highest BCUT2D eigenvalue weighted by Crippen LogP contribution is 2.32. The number of pyridine rings is 1. The van der Waals surface area contributed by atoms with Crippen LogP contribution in [0.25, 0.3) is 28.0 Å². The third-order valence-electron chi connectivity index (χ3n) is 4.33. The summed E-state index contributed by atoms with van der Waals surface area (Å²) in [6.45, 7) is 0. The molecule has 2 aliphatic rings. The van der Waals surface area contributed by atoms with Gasteiger partial charge < -0.3 is 0 Å². The molecule has 0 fully saturated rings. The van der Waals surface area contributed by atoms with Gasteiger partial charge in [0.15, 0.2) is 5.82 Å². The Bertz CT molecular complexity index is 1330. The zero-order valence-corrected chi connectivity index (χ0v) is 14.7. The van der Waals surface area contributed by atoms with Gasteiger partial charge >= 0.3 is 5.69 Å². The smallest absolute Gasteiger partial charge is 0.292 e. The van der Waals surface area contributed by atoms with Crippen LogP contribution in [-0.2, 0) is 7.05 Å². The SMILES string of the molecule is Cn1c(=O)nc2n(-c3ccccc3Cl)c3ccc([N+](=O)[O-])cc3cc-2c1=O. The fourth-order valence-electron chi connectivity index (χ4n) is 3.01. The van der Waals surface area contributed by atoms with E-state index in [9.17, 15) is 19.7 Å². The first-order valence-electron chi connectivity index (χ1n) is 7.84. The van der Waals surface area contributed by atoms with Crippen LogP contribution in [0.15, 0.2) is 58.1 Å². The van der Waals surface area contributed by atoms with E-state index in [1.807, 2.05) is 0 Å². The summed E-state index contributed by atoms with van der Waals surface area (Å²) in [5, 5.41) is 12.0. The quantitative estimate of drug-likeness (QED) is 0.301. The lowest BCUT2D eigenvalue weighted by atomic mass is 10.1.